The van der Waals surface area contributed by atoms with Crippen LogP contribution in [0.5, 0.6) is 0 Å². The molecule has 0 saturated heterocycles. The third-order valence-electron chi connectivity index (χ3n) is 4.59. The second-order valence-corrected chi connectivity index (χ2v) is 6.38. The van der Waals surface area contributed by atoms with Crippen molar-refractivity contribution >= 4 is 17.4 Å². The van der Waals surface area contributed by atoms with Gasteiger partial charge < -0.3 is 5.32 Å². The lowest BCUT2D eigenvalue weighted by Gasteiger charge is -2.17. The van der Waals surface area contributed by atoms with E-state index in [1.54, 1.807) is 6.33 Å². The number of hydrogen-bond acceptors (Lipinski definition) is 3. The van der Waals surface area contributed by atoms with Crippen LogP contribution in [0.3, 0.4) is 0 Å². The number of nitrogens with zero attached hydrogens (tertiary/aromatic N) is 2. The summed E-state index contributed by atoms with van der Waals surface area (Å²) in [4.78, 5) is 8.93. The third-order valence-corrected chi connectivity index (χ3v) is 4.78. The second kappa shape index (κ2) is 5.66. The Balaban J connectivity index is 1.71. The van der Waals surface area contributed by atoms with Crippen molar-refractivity contribution in [3.8, 4) is 0 Å². The van der Waals surface area contributed by atoms with Crippen molar-refractivity contribution in [2.24, 2.45) is 5.41 Å². The minimum absolute atomic E-state index is 0.449. The second-order valence-electron chi connectivity index (χ2n) is 6.00. The van der Waals surface area contributed by atoms with E-state index in [4.69, 9.17) is 11.6 Å². The fourth-order valence-electron chi connectivity index (χ4n) is 3.01. The summed E-state index contributed by atoms with van der Waals surface area (Å²) >= 11 is 5.89. The van der Waals surface area contributed by atoms with Gasteiger partial charge in [-0.15, -0.1) is 11.6 Å². The Morgan fingerprint density at radius 1 is 1.16 bits per heavy atom. The first-order valence-electron chi connectivity index (χ1n) is 7.46. The maximum atomic E-state index is 5.89. The van der Waals surface area contributed by atoms with Gasteiger partial charge in [-0.1, -0.05) is 6.42 Å². The molecule has 0 amide bonds. The highest BCUT2D eigenvalue weighted by Crippen LogP contribution is 2.49. The Bertz CT molecular complexity index is 443. The van der Waals surface area contributed by atoms with Gasteiger partial charge in [0.2, 0.25) is 0 Å². The Kier molecular flexibility index (Phi) is 3.92. The Labute approximate surface area is 120 Å². The largest absolute Gasteiger partial charge is 0.369 e. The third kappa shape index (κ3) is 3.02. The van der Waals surface area contributed by atoms with Crippen LogP contribution in [0.4, 0.5) is 5.82 Å². The number of anilines is 1. The van der Waals surface area contributed by atoms with Crippen molar-refractivity contribution in [1.29, 1.82) is 0 Å². The summed E-state index contributed by atoms with van der Waals surface area (Å²) in [5.74, 6) is 1.84. The van der Waals surface area contributed by atoms with Crippen molar-refractivity contribution < 1.29 is 0 Å². The number of alkyl halides is 1. The number of fused-ring (bicyclic) bond motifs is 1. The molecule has 0 unspecified atom stereocenters. The number of aryl methyl sites for hydroxylation is 1. The molecule has 0 aliphatic heterocycles. The lowest BCUT2D eigenvalue weighted by Crippen LogP contribution is -2.18. The first kappa shape index (κ1) is 13.2. The molecule has 3 rings (SSSR count). The maximum Gasteiger partial charge on any atom is 0.132 e. The summed E-state index contributed by atoms with van der Waals surface area (Å²) in [6.45, 7) is 1.02. The first-order chi connectivity index (χ1) is 9.33. The predicted molar refractivity (Wildman–Crippen MR) is 78.8 cm³/mol. The van der Waals surface area contributed by atoms with Crippen LogP contribution in [0.25, 0.3) is 0 Å². The molecule has 2 aliphatic rings. The molecule has 1 N–H and O–H groups in total. The number of halogens is 1. The van der Waals surface area contributed by atoms with E-state index in [1.807, 2.05) is 0 Å². The predicted octanol–water partition coefficient (Wildman–Crippen LogP) is 3.57. The number of aromatic nitrogens is 2. The van der Waals surface area contributed by atoms with Gasteiger partial charge in [0.1, 0.15) is 12.1 Å². The molecular weight excluding hydrogens is 258 g/mol. The highest BCUT2D eigenvalue weighted by molar-refractivity contribution is 6.17. The first-order valence-corrected chi connectivity index (χ1v) is 7.99. The SMILES string of the molecule is ClCCC1(CNc2ncnc3c2CCCCC3)CC1. The van der Waals surface area contributed by atoms with Gasteiger partial charge in [0.25, 0.3) is 0 Å². The summed E-state index contributed by atoms with van der Waals surface area (Å²) in [7, 11) is 0. The highest BCUT2D eigenvalue weighted by Gasteiger charge is 2.41. The van der Waals surface area contributed by atoms with Gasteiger partial charge in [-0.05, 0) is 50.4 Å². The van der Waals surface area contributed by atoms with E-state index >= 15 is 0 Å². The van der Waals surface area contributed by atoms with Crippen LogP contribution < -0.4 is 5.32 Å². The molecule has 2 aliphatic carbocycles. The van der Waals surface area contributed by atoms with E-state index in [0.717, 1.165) is 37.5 Å². The van der Waals surface area contributed by atoms with E-state index < -0.39 is 0 Å². The molecule has 0 bridgehead atoms. The fourth-order valence-corrected chi connectivity index (χ4v) is 3.41. The molecule has 0 aromatic carbocycles. The van der Waals surface area contributed by atoms with Crippen molar-refractivity contribution in [3.05, 3.63) is 17.6 Å². The lowest BCUT2D eigenvalue weighted by molar-refractivity contribution is 0.523. The minimum atomic E-state index is 0.449. The molecule has 0 spiro atoms. The average Bonchev–Trinajstić information content (AvgIpc) is 3.20. The number of rotatable bonds is 5. The minimum Gasteiger partial charge on any atom is -0.369 e. The van der Waals surface area contributed by atoms with Gasteiger partial charge in [0.15, 0.2) is 0 Å². The molecule has 0 atom stereocenters. The van der Waals surface area contributed by atoms with E-state index in [0.29, 0.717) is 5.41 Å². The van der Waals surface area contributed by atoms with Gasteiger partial charge in [-0.2, -0.15) is 0 Å². The zero-order valence-electron chi connectivity index (χ0n) is 11.4. The summed E-state index contributed by atoms with van der Waals surface area (Å²) in [5.41, 5.74) is 3.07. The van der Waals surface area contributed by atoms with Gasteiger partial charge in [0.05, 0.1) is 0 Å². The zero-order valence-corrected chi connectivity index (χ0v) is 12.2. The summed E-state index contributed by atoms with van der Waals surface area (Å²) in [5, 5.41) is 3.58. The molecule has 1 aromatic rings. The molecule has 19 heavy (non-hydrogen) atoms. The van der Waals surface area contributed by atoms with Crippen LogP contribution >= 0.6 is 11.6 Å². The van der Waals surface area contributed by atoms with Crippen molar-refractivity contribution in [3.63, 3.8) is 0 Å². The normalized spacial score (nSPS) is 20.5. The van der Waals surface area contributed by atoms with Crippen LogP contribution in [-0.4, -0.2) is 22.4 Å². The Morgan fingerprint density at radius 3 is 2.79 bits per heavy atom. The molecule has 4 heteroatoms. The van der Waals surface area contributed by atoms with Crippen LogP contribution in [0, 0.1) is 5.41 Å². The fraction of sp³-hybridized carbons (Fsp3) is 0.733. The molecule has 0 radical (unpaired) electrons. The van der Waals surface area contributed by atoms with E-state index in [2.05, 4.69) is 15.3 Å². The average molecular weight is 280 g/mol. The molecule has 3 nitrogen and oxygen atoms in total. The monoisotopic (exact) mass is 279 g/mol. The van der Waals surface area contributed by atoms with Crippen LogP contribution in [-0.2, 0) is 12.8 Å². The van der Waals surface area contributed by atoms with Crippen LogP contribution in [0.1, 0.15) is 49.8 Å². The molecule has 1 heterocycles. The molecule has 1 fully saturated rings. The van der Waals surface area contributed by atoms with Gasteiger partial charge in [0, 0.05) is 23.7 Å². The van der Waals surface area contributed by atoms with Gasteiger partial charge >= 0.3 is 0 Å². The molecular formula is C15H22ClN3. The maximum absolute atomic E-state index is 5.89. The quantitative estimate of drug-likeness (QED) is 0.661. The molecule has 1 saturated carbocycles. The van der Waals surface area contributed by atoms with E-state index in [1.165, 1.54) is 43.4 Å². The van der Waals surface area contributed by atoms with E-state index in [-0.39, 0.29) is 0 Å². The number of hydrogen-bond donors (Lipinski definition) is 1. The van der Waals surface area contributed by atoms with Gasteiger partial charge in [-0.3, -0.25) is 0 Å². The summed E-state index contributed by atoms with van der Waals surface area (Å²) < 4.78 is 0. The highest BCUT2D eigenvalue weighted by atomic mass is 35.5. The van der Waals surface area contributed by atoms with Crippen molar-refractivity contribution in [1.82, 2.24) is 9.97 Å². The molecule has 104 valence electrons. The van der Waals surface area contributed by atoms with Crippen LogP contribution in [0.15, 0.2) is 6.33 Å². The zero-order chi connectivity index (χ0) is 13.1. The number of nitrogens with one attached hydrogen (secondary N) is 1. The smallest absolute Gasteiger partial charge is 0.132 e. The summed E-state index contributed by atoms with van der Waals surface area (Å²) in [6, 6.07) is 0. The lowest BCUT2D eigenvalue weighted by atomic mass is 10.0. The molecule has 1 aromatic heterocycles. The summed E-state index contributed by atoms with van der Waals surface area (Å²) in [6.07, 6.45) is 11.5. The van der Waals surface area contributed by atoms with Crippen molar-refractivity contribution in [2.45, 2.75) is 51.4 Å². The van der Waals surface area contributed by atoms with Crippen molar-refractivity contribution in [2.75, 3.05) is 17.7 Å². The topological polar surface area (TPSA) is 37.8 Å². The van der Waals surface area contributed by atoms with Gasteiger partial charge in [-0.25, -0.2) is 9.97 Å². The van der Waals surface area contributed by atoms with Crippen LogP contribution in [0.2, 0.25) is 0 Å². The standard InChI is InChI=1S/C15H22ClN3/c16-9-8-15(6-7-15)10-17-14-12-4-2-1-3-5-13(12)18-11-19-14/h11H,1-10H2,(H,17,18,19). The Hall–Kier alpha value is -0.830. The van der Waals surface area contributed by atoms with E-state index in [9.17, 15) is 0 Å². The Morgan fingerprint density at radius 2 is 2.00 bits per heavy atom.